The Labute approximate surface area is 185 Å². The standard InChI is InChI=1S/C24H23N3O5/c1-32-18-7-2-14(3-8-18)10-11-25-19-9-6-17(13-20(19)27(30)31)26-23(28)21-15-4-5-16(12-15)22(21)24(26)29/h2-9,13,15-16,21-22,25H,10-12H2,1H3/t15-,16-,21-,22-/m0/s1. The minimum Gasteiger partial charge on any atom is -0.497 e. The van der Waals surface area contributed by atoms with Crippen molar-refractivity contribution in [3.05, 3.63) is 70.3 Å². The summed E-state index contributed by atoms with van der Waals surface area (Å²) in [6.45, 7) is 0.493. The Morgan fingerprint density at radius 3 is 2.31 bits per heavy atom. The molecule has 0 aromatic heterocycles. The van der Waals surface area contributed by atoms with Crippen molar-refractivity contribution in [2.75, 3.05) is 23.9 Å². The van der Waals surface area contributed by atoms with Gasteiger partial charge in [-0.05, 0) is 54.5 Å². The van der Waals surface area contributed by atoms with E-state index in [0.717, 1.165) is 22.6 Å². The Morgan fingerprint density at radius 1 is 1.06 bits per heavy atom. The highest BCUT2D eigenvalue weighted by molar-refractivity contribution is 6.23. The first-order valence-corrected chi connectivity index (χ1v) is 10.7. The smallest absolute Gasteiger partial charge is 0.294 e. The van der Waals surface area contributed by atoms with Crippen LogP contribution in [0, 0.1) is 33.8 Å². The molecule has 1 N–H and O–H groups in total. The summed E-state index contributed by atoms with van der Waals surface area (Å²) in [4.78, 5) is 38.4. The molecule has 5 rings (SSSR count). The van der Waals surface area contributed by atoms with Crippen LogP contribution < -0.4 is 15.0 Å². The summed E-state index contributed by atoms with van der Waals surface area (Å²) in [7, 11) is 1.61. The molecule has 2 bridgehead atoms. The SMILES string of the molecule is COc1ccc(CCNc2ccc(N3C(=O)[C@@H]4[C@@H](C3=O)[C@H]3C=C[C@H]4C3)cc2[N+](=O)[O-])cc1. The van der Waals surface area contributed by atoms with E-state index in [4.69, 9.17) is 4.74 Å². The Hall–Kier alpha value is -3.68. The predicted octanol–water partition coefficient (Wildman–Crippen LogP) is 3.57. The average molecular weight is 433 g/mol. The number of nitrogens with one attached hydrogen (secondary N) is 1. The number of benzene rings is 2. The molecule has 2 fully saturated rings. The highest BCUT2D eigenvalue weighted by atomic mass is 16.6. The van der Waals surface area contributed by atoms with Crippen LogP contribution in [0.4, 0.5) is 17.1 Å². The van der Waals surface area contributed by atoms with Gasteiger partial charge in [-0.3, -0.25) is 19.7 Å². The van der Waals surface area contributed by atoms with Gasteiger partial charge in [0, 0.05) is 12.6 Å². The van der Waals surface area contributed by atoms with Crippen LogP contribution >= 0.6 is 0 Å². The van der Waals surface area contributed by atoms with Gasteiger partial charge in [0.25, 0.3) is 5.69 Å². The fourth-order valence-electron chi connectivity index (χ4n) is 5.25. The summed E-state index contributed by atoms with van der Waals surface area (Å²) in [5.41, 5.74) is 1.53. The number of allylic oxidation sites excluding steroid dienone is 2. The number of amides is 2. The van der Waals surface area contributed by atoms with E-state index in [1.807, 2.05) is 36.4 Å². The maximum absolute atomic E-state index is 13.0. The Morgan fingerprint density at radius 2 is 1.72 bits per heavy atom. The van der Waals surface area contributed by atoms with E-state index in [0.29, 0.717) is 18.7 Å². The molecule has 0 radical (unpaired) electrons. The topological polar surface area (TPSA) is 102 Å². The zero-order valence-corrected chi connectivity index (χ0v) is 17.6. The number of hydrogen-bond donors (Lipinski definition) is 1. The second-order valence-electron chi connectivity index (χ2n) is 8.50. The zero-order chi connectivity index (χ0) is 22.4. The molecule has 2 aromatic rings. The van der Waals surface area contributed by atoms with Gasteiger partial charge in [0.2, 0.25) is 11.8 Å². The number of carbonyl (C=O) groups is 2. The van der Waals surface area contributed by atoms with Crippen molar-refractivity contribution in [3.63, 3.8) is 0 Å². The molecule has 8 nitrogen and oxygen atoms in total. The summed E-state index contributed by atoms with van der Waals surface area (Å²) < 4.78 is 5.15. The number of nitro benzene ring substituents is 1. The second-order valence-corrected chi connectivity index (χ2v) is 8.50. The molecule has 4 atom stereocenters. The third kappa shape index (κ3) is 3.23. The van der Waals surface area contributed by atoms with Crippen LogP contribution in [0.25, 0.3) is 0 Å². The van der Waals surface area contributed by atoms with Crippen molar-refractivity contribution >= 4 is 28.9 Å². The van der Waals surface area contributed by atoms with Crippen LogP contribution in [0.3, 0.4) is 0 Å². The van der Waals surface area contributed by atoms with Gasteiger partial charge in [-0.1, -0.05) is 24.3 Å². The fourth-order valence-corrected chi connectivity index (χ4v) is 5.25. The number of methoxy groups -OCH3 is 1. The molecule has 2 aliphatic carbocycles. The summed E-state index contributed by atoms with van der Waals surface area (Å²) in [5, 5.41) is 14.8. The van der Waals surface area contributed by atoms with Crippen molar-refractivity contribution in [1.82, 2.24) is 0 Å². The lowest BCUT2D eigenvalue weighted by molar-refractivity contribution is -0.383. The molecule has 3 aliphatic rings. The average Bonchev–Trinajstić information content (AvgIpc) is 3.48. The molecule has 1 saturated carbocycles. The normalized spacial score (nSPS) is 25.3. The van der Waals surface area contributed by atoms with Gasteiger partial charge in [-0.15, -0.1) is 0 Å². The van der Waals surface area contributed by atoms with E-state index in [-0.39, 0.29) is 46.9 Å². The van der Waals surface area contributed by atoms with Crippen molar-refractivity contribution in [2.45, 2.75) is 12.8 Å². The molecule has 8 heteroatoms. The molecule has 1 heterocycles. The van der Waals surface area contributed by atoms with E-state index in [9.17, 15) is 19.7 Å². The quantitative estimate of drug-likeness (QED) is 0.310. The molecule has 164 valence electrons. The first-order valence-electron chi connectivity index (χ1n) is 10.7. The number of hydrogen-bond acceptors (Lipinski definition) is 6. The van der Waals surface area contributed by atoms with E-state index in [2.05, 4.69) is 5.32 Å². The number of ether oxygens (including phenoxy) is 1. The van der Waals surface area contributed by atoms with Gasteiger partial charge in [0.15, 0.2) is 0 Å². The van der Waals surface area contributed by atoms with Crippen molar-refractivity contribution in [2.24, 2.45) is 23.7 Å². The van der Waals surface area contributed by atoms with E-state index in [1.165, 1.54) is 6.07 Å². The van der Waals surface area contributed by atoms with E-state index >= 15 is 0 Å². The molecule has 1 saturated heterocycles. The number of rotatable bonds is 7. The van der Waals surface area contributed by atoms with Crippen LogP contribution in [0.15, 0.2) is 54.6 Å². The van der Waals surface area contributed by atoms with Crippen molar-refractivity contribution in [3.8, 4) is 5.75 Å². The van der Waals surface area contributed by atoms with Gasteiger partial charge < -0.3 is 10.1 Å². The Bertz CT molecular complexity index is 1100. The van der Waals surface area contributed by atoms with Gasteiger partial charge >= 0.3 is 0 Å². The molecular weight excluding hydrogens is 410 g/mol. The number of nitro groups is 1. The Kier molecular flexibility index (Phi) is 4.92. The number of imide groups is 1. The fraction of sp³-hybridized carbons (Fsp3) is 0.333. The van der Waals surface area contributed by atoms with E-state index in [1.54, 1.807) is 19.2 Å². The van der Waals surface area contributed by atoms with Crippen molar-refractivity contribution in [1.29, 1.82) is 0 Å². The molecule has 0 unspecified atom stereocenters. The largest absolute Gasteiger partial charge is 0.497 e. The first kappa shape index (κ1) is 20.2. The minimum absolute atomic E-state index is 0.0975. The third-order valence-corrected chi connectivity index (χ3v) is 6.79. The number of carbonyl (C=O) groups excluding carboxylic acids is 2. The lowest BCUT2D eigenvalue weighted by Gasteiger charge is -2.18. The van der Waals surface area contributed by atoms with Crippen LogP contribution in [0.2, 0.25) is 0 Å². The summed E-state index contributed by atoms with van der Waals surface area (Å²) >= 11 is 0. The van der Waals surface area contributed by atoms with Crippen LogP contribution in [-0.4, -0.2) is 30.4 Å². The molecule has 2 aromatic carbocycles. The highest BCUT2D eigenvalue weighted by Gasteiger charge is 2.59. The Balaban J connectivity index is 1.33. The third-order valence-electron chi connectivity index (χ3n) is 6.79. The summed E-state index contributed by atoms with van der Waals surface area (Å²) in [5.74, 6) is -0.192. The van der Waals surface area contributed by atoms with Crippen LogP contribution in [0.1, 0.15) is 12.0 Å². The molecular formula is C24H23N3O5. The monoisotopic (exact) mass is 433 g/mol. The second kappa shape index (κ2) is 7.78. The summed E-state index contributed by atoms with van der Waals surface area (Å²) in [6.07, 6.45) is 5.57. The molecule has 0 spiro atoms. The first-order chi connectivity index (χ1) is 15.5. The highest BCUT2D eigenvalue weighted by Crippen LogP contribution is 2.53. The minimum atomic E-state index is -0.490. The number of anilines is 2. The molecule has 2 amide bonds. The maximum atomic E-state index is 13.0. The van der Waals surface area contributed by atoms with E-state index < -0.39 is 4.92 Å². The number of nitrogens with zero attached hydrogens (tertiary/aromatic N) is 2. The van der Waals surface area contributed by atoms with Crippen LogP contribution in [-0.2, 0) is 16.0 Å². The zero-order valence-electron chi connectivity index (χ0n) is 17.6. The lowest BCUT2D eigenvalue weighted by atomic mass is 9.85. The van der Waals surface area contributed by atoms with Crippen molar-refractivity contribution < 1.29 is 19.2 Å². The van der Waals surface area contributed by atoms with Gasteiger partial charge in [0.1, 0.15) is 11.4 Å². The lowest BCUT2D eigenvalue weighted by Crippen LogP contribution is -2.32. The van der Waals surface area contributed by atoms with Gasteiger partial charge in [0.05, 0.1) is 29.6 Å². The molecule has 1 aliphatic heterocycles. The predicted molar refractivity (Wildman–Crippen MR) is 118 cm³/mol. The van der Waals surface area contributed by atoms with Crippen LogP contribution in [0.5, 0.6) is 5.75 Å². The maximum Gasteiger partial charge on any atom is 0.294 e. The summed E-state index contributed by atoms with van der Waals surface area (Å²) in [6, 6.07) is 12.1. The number of fused-ring (bicyclic) bond motifs is 5. The van der Waals surface area contributed by atoms with Gasteiger partial charge in [-0.2, -0.15) is 0 Å². The molecule has 32 heavy (non-hydrogen) atoms. The van der Waals surface area contributed by atoms with Gasteiger partial charge in [-0.25, -0.2) is 4.90 Å².